The van der Waals surface area contributed by atoms with Crippen molar-refractivity contribution in [3.63, 3.8) is 0 Å². The minimum atomic E-state index is 0. The maximum atomic E-state index is 8.22. The molecule has 0 rings (SSSR count). The Labute approximate surface area is 34.8 Å². The van der Waals surface area contributed by atoms with Crippen LogP contribution in [0.1, 0.15) is 0 Å². The van der Waals surface area contributed by atoms with Gasteiger partial charge in [-0.15, -0.1) is 0 Å². The van der Waals surface area contributed by atoms with Crippen LogP contribution in [0.5, 0.6) is 0 Å². The molecule has 0 aliphatic carbocycles. The summed E-state index contributed by atoms with van der Waals surface area (Å²) in [7, 11) is 0. The van der Waals surface area contributed by atoms with Gasteiger partial charge < -0.3 is 11.0 Å². The number of hydrogen-bond acceptors (Lipinski definition) is 1. The molecule has 0 heterocycles. The summed E-state index contributed by atoms with van der Waals surface area (Å²) in [4.78, 5) is 0. The summed E-state index contributed by atoms with van der Waals surface area (Å²) in [5.74, 6) is 0. The van der Waals surface area contributed by atoms with Gasteiger partial charge in [0.25, 0.3) is 0 Å². The van der Waals surface area contributed by atoms with E-state index in [1.165, 1.54) is 0 Å². The van der Waals surface area contributed by atoms with Crippen molar-refractivity contribution < 1.29 is 34.1 Å². The quantitative estimate of drug-likeness (QED) is 0.498. The Hall–Kier alpha value is 0.408. The average Bonchev–Trinajstić information content (AvgIpc) is 1.00. The molecule has 4 heteroatoms. The molecule has 0 aliphatic heterocycles. The van der Waals surface area contributed by atoms with E-state index in [9.17, 15) is 0 Å². The Morgan fingerprint density at radius 2 is 1.00 bits per heavy atom. The summed E-state index contributed by atoms with van der Waals surface area (Å²) in [6.07, 6.45) is 0. The second-order valence-corrected chi connectivity index (χ2v) is 0. The number of hydrogen-bond donors (Lipinski definition) is 0. The molecular formula is H4O3Pt. The van der Waals surface area contributed by atoms with Gasteiger partial charge in [0.2, 0.25) is 0 Å². The average molecular weight is 247 g/mol. The van der Waals surface area contributed by atoms with Gasteiger partial charge in [0, 0.05) is 0 Å². The van der Waals surface area contributed by atoms with Gasteiger partial charge >= 0.3 is 23.2 Å². The zero-order valence-electron chi connectivity index (χ0n) is 1.72. The molecule has 3 nitrogen and oxygen atoms in total. The molecule has 0 saturated heterocycles. The SMILES string of the molecule is O.O.[O]=[Pt]. The molecule has 0 aromatic carbocycles. The second-order valence-electron chi connectivity index (χ2n) is 0. The molecule has 4 N–H and O–H groups in total. The first-order valence-electron chi connectivity index (χ1n) is 0.129. The number of rotatable bonds is 0. The first-order chi connectivity index (χ1) is 1.00. The van der Waals surface area contributed by atoms with Gasteiger partial charge in [0.05, 0.1) is 0 Å². The van der Waals surface area contributed by atoms with Gasteiger partial charge in [0.15, 0.2) is 0 Å². The zero-order chi connectivity index (χ0) is 2.00. The van der Waals surface area contributed by atoms with E-state index in [0.717, 1.165) is 19.8 Å². The monoisotopic (exact) mass is 247 g/mol. The van der Waals surface area contributed by atoms with Gasteiger partial charge in [-0.25, -0.2) is 0 Å². The normalized spacial score (nSPS) is 1.50. The van der Waals surface area contributed by atoms with Gasteiger partial charge in [-0.3, -0.25) is 0 Å². The van der Waals surface area contributed by atoms with Gasteiger partial charge in [-0.2, -0.15) is 0 Å². The van der Waals surface area contributed by atoms with E-state index in [4.69, 9.17) is 3.40 Å². The third-order valence-electron chi connectivity index (χ3n) is 0. The molecule has 0 fully saturated rings. The van der Waals surface area contributed by atoms with Gasteiger partial charge in [-0.05, 0) is 0 Å². The molecule has 0 spiro atoms. The molecule has 32 valence electrons. The van der Waals surface area contributed by atoms with Crippen molar-refractivity contribution in [3.8, 4) is 0 Å². The molecule has 0 aliphatic rings. The summed E-state index contributed by atoms with van der Waals surface area (Å²) in [6, 6.07) is 0. The van der Waals surface area contributed by atoms with Crippen molar-refractivity contribution in [2.24, 2.45) is 0 Å². The van der Waals surface area contributed by atoms with Crippen LogP contribution in [0, 0.1) is 0 Å². The molecule has 0 aromatic rings. The van der Waals surface area contributed by atoms with E-state index in [0.29, 0.717) is 0 Å². The summed E-state index contributed by atoms with van der Waals surface area (Å²) < 4.78 is 8.22. The molecule has 0 unspecified atom stereocenters. The molecule has 0 radical (unpaired) electrons. The predicted octanol–water partition coefficient (Wildman–Crippen LogP) is -1.77. The predicted molar refractivity (Wildman–Crippen MR) is 7.91 cm³/mol. The third kappa shape index (κ3) is 28.7. The molecule has 0 aromatic heterocycles. The fourth-order valence-corrected chi connectivity index (χ4v) is 0. The van der Waals surface area contributed by atoms with Crippen molar-refractivity contribution in [1.29, 1.82) is 0 Å². The fraction of sp³-hybridized carbons (Fsp3) is 0. The van der Waals surface area contributed by atoms with Crippen LogP contribution in [0.4, 0.5) is 0 Å². The standard InChI is InChI=1S/2H2O.O.Pt/h2*1H2;;. The van der Waals surface area contributed by atoms with Crippen LogP contribution in [0.2, 0.25) is 0 Å². The van der Waals surface area contributed by atoms with Crippen LogP contribution < -0.4 is 0 Å². The van der Waals surface area contributed by atoms with Crippen LogP contribution in [0.25, 0.3) is 0 Å². The Kier molecular flexibility index (Phi) is 765. The maximum absolute atomic E-state index is 8.22. The van der Waals surface area contributed by atoms with Crippen molar-refractivity contribution in [2.75, 3.05) is 0 Å². The van der Waals surface area contributed by atoms with Crippen molar-refractivity contribution in [2.45, 2.75) is 0 Å². The van der Waals surface area contributed by atoms with Crippen LogP contribution in [0.15, 0.2) is 0 Å². The zero-order valence-corrected chi connectivity index (χ0v) is 4.00. The summed E-state index contributed by atoms with van der Waals surface area (Å²) in [6.45, 7) is 0. The minimum absolute atomic E-state index is 0. The van der Waals surface area contributed by atoms with E-state index in [1.54, 1.807) is 0 Å². The topological polar surface area (TPSA) is 80.1 Å². The Bertz CT molecular complexity index is 3.25. The van der Waals surface area contributed by atoms with E-state index in [2.05, 4.69) is 0 Å². The van der Waals surface area contributed by atoms with E-state index >= 15 is 0 Å². The molecule has 0 bridgehead atoms. The Morgan fingerprint density at radius 1 is 1.00 bits per heavy atom. The van der Waals surface area contributed by atoms with Gasteiger partial charge in [0.1, 0.15) is 0 Å². The first-order valence-corrected chi connectivity index (χ1v) is 1.06. The van der Waals surface area contributed by atoms with Crippen molar-refractivity contribution in [3.05, 3.63) is 0 Å². The van der Waals surface area contributed by atoms with E-state index in [-0.39, 0.29) is 11.0 Å². The Morgan fingerprint density at radius 3 is 1.00 bits per heavy atom. The van der Waals surface area contributed by atoms with Crippen LogP contribution in [0.3, 0.4) is 0 Å². The van der Waals surface area contributed by atoms with Gasteiger partial charge in [-0.1, -0.05) is 0 Å². The van der Waals surface area contributed by atoms with E-state index in [1.807, 2.05) is 0 Å². The fourth-order valence-electron chi connectivity index (χ4n) is 0. The molecule has 0 atom stereocenters. The first kappa shape index (κ1) is 25.8. The molecular weight excluding hydrogens is 243 g/mol. The Balaban J connectivity index is -0.00000000500. The molecule has 0 amide bonds. The molecule has 4 heavy (non-hydrogen) atoms. The van der Waals surface area contributed by atoms with Crippen molar-refractivity contribution >= 4 is 0 Å². The summed E-state index contributed by atoms with van der Waals surface area (Å²) >= 11 is 0.889. The molecule has 0 saturated carbocycles. The van der Waals surface area contributed by atoms with Crippen LogP contribution in [-0.4, -0.2) is 11.0 Å². The summed E-state index contributed by atoms with van der Waals surface area (Å²) in [5.41, 5.74) is 0. The second kappa shape index (κ2) is 119. The summed E-state index contributed by atoms with van der Waals surface area (Å²) in [5, 5.41) is 0. The van der Waals surface area contributed by atoms with Crippen LogP contribution in [-0.2, 0) is 23.2 Å². The van der Waals surface area contributed by atoms with Crippen LogP contribution >= 0.6 is 0 Å². The van der Waals surface area contributed by atoms with Crippen molar-refractivity contribution in [1.82, 2.24) is 0 Å². The third-order valence-corrected chi connectivity index (χ3v) is 0. The van der Waals surface area contributed by atoms with E-state index < -0.39 is 0 Å².